The minimum absolute atomic E-state index is 0.0566. The van der Waals surface area contributed by atoms with Crippen LogP contribution >= 0.6 is 0 Å². The Labute approximate surface area is 220 Å². The van der Waals surface area contributed by atoms with Gasteiger partial charge in [-0.25, -0.2) is 8.78 Å². The summed E-state index contributed by atoms with van der Waals surface area (Å²) >= 11 is 0. The van der Waals surface area contributed by atoms with Crippen LogP contribution in [-0.4, -0.2) is 65.4 Å². The molecule has 1 atom stereocenters. The van der Waals surface area contributed by atoms with Gasteiger partial charge in [0.25, 0.3) is 0 Å². The monoisotopic (exact) mass is 522 g/mol. The number of carbonyl (C=O) groups excluding carboxylic acids is 1. The lowest BCUT2D eigenvalue weighted by molar-refractivity contribution is -0.137. The molecule has 5 rings (SSSR count). The number of nitrogens with one attached hydrogen (secondary N) is 2. The average molecular weight is 523 g/mol. The maximum atomic E-state index is 13.4. The molecule has 200 valence electrons. The van der Waals surface area contributed by atoms with Crippen molar-refractivity contribution in [2.75, 3.05) is 38.0 Å². The van der Waals surface area contributed by atoms with Crippen molar-refractivity contribution in [2.45, 2.75) is 49.2 Å². The van der Waals surface area contributed by atoms with Crippen molar-refractivity contribution in [1.82, 2.24) is 10.2 Å². The van der Waals surface area contributed by atoms with E-state index in [1.165, 1.54) is 12.2 Å². The maximum absolute atomic E-state index is 13.4. The number of piperidine rings is 2. The first-order chi connectivity index (χ1) is 18.2. The van der Waals surface area contributed by atoms with Crippen molar-refractivity contribution in [3.63, 3.8) is 0 Å². The van der Waals surface area contributed by atoms with Gasteiger partial charge in [-0.3, -0.25) is 4.79 Å². The second kappa shape index (κ2) is 10.4. The normalized spacial score (nSPS) is 20.7. The van der Waals surface area contributed by atoms with Gasteiger partial charge in [0.15, 0.2) is 0 Å². The fraction of sp³-hybridized carbons (Fsp3) is 0.448. The molecule has 1 amide bonds. The van der Waals surface area contributed by atoms with Crippen LogP contribution in [0.4, 0.5) is 14.5 Å². The van der Waals surface area contributed by atoms with Gasteiger partial charge < -0.3 is 25.7 Å². The van der Waals surface area contributed by atoms with Crippen LogP contribution in [0, 0.1) is 23.0 Å². The predicted octanol–water partition coefficient (Wildman–Crippen LogP) is 2.85. The van der Waals surface area contributed by atoms with E-state index in [2.05, 4.69) is 16.7 Å². The highest BCUT2D eigenvalue weighted by Crippen LogP contribution is 2.46. The number of hydrogen-bond acceptors (Lipinski definition) is 6. The lowest BCUT2D eigenvalue weighted by atomic mass is 9.71. The summed E-state index contributed by atoms with van der Waals surface area (Å²) in [6, 6.07) is 8.96. The number of rotatable bonds is 5. The SMILES string of the molecule is N#Cc1cc(C[C@@H](O)C2(O)CCN(C(=O)/C=C/c3cc(F)cc(F)c3)CC2)c2c(c1)NCC21CCNCC1. The van der Waals surface area contributed by atoms with Crippen LogP contribution in [0.25, 0.3) is 6.08 Å². The highest BCUT2D eigenvalue weighted by Gasteiger charge is 2.44. The summed E-state index contributed by atoms with van der Waals surface area (Å²) in [6.45, 7) is 3.07. The Hall–Kier alpha value is -3.32. The summed E-state index contributed by atoms with van der Waals surface area (Å²) in [5.74, 6) is -1.77. The van der Waals surface area contributed by atoms with Crippen LogP contribution in [0.15, 0.2) is 36.4 Å². The Morgan fingerprint density at radius 2 is 1.79 bits per heavy atom. The van der Waals surface area contributed by atoms with Gasteiger partial charge >= 0.3 is 0 Å². The van der Waals surface area contributed by atoms with Crippen LogP contribution < -0.4 is 10.6 Å². The highest BCUT2D eigenvalue weighted by atomic mass is 19.1. The van der Waals surface area contributed by atoms with E-state index in [9.17, 15) is 29.1 Å². The number of anilines is 1. The first-order valence-corrected chi connectivity index (χ1v) is 13.1. The number of aliphatic hydroxyl groups is 2. The summed E-state index contributed by atoms with van der Waals surface area (Å²) in [4.78, 5) is 14.2. The molecule has 0 saturated carbocycles. The summed E-state index contributed by atoms with van der Waals surface area (Å²) in [5, 5.41) is 39.1. The number of likely N-dealkylation sites (tertiary alicyclic amines) is 1. The molecule has 0 aliphatic carbocycles. The van der Waals surface area contributed by atoms with Crippen molar-refractivity contribution in [3.8, 4) is 6.07 Å². The van der Waals surface area contributed by atoms with E-state index in [-0.39, 0.29) is 49.2 Å². The van der Waals surface area contributed by atoms with Gasteiger partial charge in [0, 0.05) is 49.3 Å². The van der Waals surface area contributed by atoms with Crippen molar-refractivity contribution in [3.05, 3.63) is 70.3 Å². The minimum atomic E-state index is -1.38. The number of halogens is 2. The van der Waals surface area contributed by atoms with E-state index in [0.29, 0.717) is 5.56 Å². The molecule has 2 fully saturated rings. The predicted molar refractivity (Wildman–Crippen MR) is 139 cm³/mol. The van der Waals surface area contributed by atoms with Gasteiger partial charge in [0.05, 0.1) is 23.3 Å². The Balaban J connectivity index is 1.27. The number of hydrogen-bond donors (Lipinski definition) is 4. The molecule has 2 aromatic rings. The van der Waals surface area contributed by atoms with E-state index < -0.39 is 23.3 Å². The molecule has 38 heavy (non-hydrogen) atoms. The number of carbonyl (C=O) groups is 1. The van der Waals surface area contributed by atoms with E-state index in [1.54, 1.807) is 4.90 Å². The largest absolute Gasteiger partial charge is 0.390 e. The number of aliphatic hydroxyl groups excluding tert-OH is 1. The smallest absolute Gasteiger partial charge is 0.246 e. The minimum Gasteiger partial charge on any atom is -0.390 e. The molecule has 4 N–H and O–H groups in total. The number of amides is 1. The zero-order valence-electron chi connectivity index (χ0n) is 21.1. The molecular formula is C29H32F2N4O3. The molecule has 7 nitrogen and oxygen atoms in total. The standard InChI is InChI=1S/C29H32F2N4O3/c30-22-12-19(13-23(31)16-22)1-2-26(37)35-9-5-29(38,6-10-35)25(36)15-21-11-20(17-32)14-24-27(21)28(18-34-24)3-7-33-8-4-28/h1-2,11-14,16,25,33-34,36,38H,3-10,15,18H2/b2-1+/t25-/m1/s1. The molecule has 0 radical (unpaired) electrons. The van der Waals surface area contributed by atoms with Gasteiger partial charge in [0.1, 0.15) is 11.6 Å². The molecule has 0 unspecified atom stereocenters. The maximum Gasteiger partial charge on any atom is 0.246 e. The number of benzene rings is 2. The summed E-state index contributed by atoms with van der Waals surface area (Å²) in [5.41, 5.74) is 2.29. The summed E-state index contributed by atoms with van der Waals surface area (Å²) in [7, 11) is 0. The van der Waals surface area contributed by atoms with Gasteiger partial charge in [-0.05, 0) is 85.8 Å². The number of nitrogens with zero attached hydrogens (tertiary/aromatic N) is 2. The third kappa shape index (κ3) is 5.17. The molecule has 0 bridgehead atoms. The quantitative estimate of drug-likeness (QED) is 0.450. The molecule has 3 aliphatic rings. The average Bonchev–Trinajstić information content (AvgIpc) is 3.25. The van der Waals surface area contributed by atoms with Gasteiger partial charge in [-0.2, -0.15) is 5.26 Å². The van der Waals surface area contributed by atoms with Crippen LogP contribution in [-0.2, 0) is 16.6 Å². The Kier molecular flexibility index (Phi) is 7.23. The van der Waals surface area contributed by atoms with Crippen LogP contribution in [0.3, 0.4) is 0 Å². The van der Waals surface area contributed by atoms with Crippen molar-refractivity contribution < 1.29 is 23.8 Å². The third-order valence-corrected chi connectivity index (χ3v) is 8.34. The first kappa shape index (κ1) is 26.3. The van der Waals surface area contributed by atoms with Crippen molar-refractivity contribution >= 4 is 17.7 Å². The molecular weight excluding hydrogens is 490 g/mol. The lowest BCUT2D eigenvalue weighted by Gasteiger charge is -2.41. The van der Waals surface area contributed by atoms with E-state index >= 15 is 0 Å². The fourth-order valence-corrected chi connectivity index (χ4v) is 6.17. The third-order valence-electron chi connectivity index (χ3n) is 8.34. The zero-order chi connectivity index (χ0) is 26.9. The number of nitriles is 1. The molecule has 0 aromatic heterocycles. The molecule has 2 saturated heterocycles. The summed E-state index contributed by atoms with van der Waals surface area (Å²) in [6.07, 6.45) is 4.06. The van der Waals surface area contributed by atoms with Crippen LogP contribution in [0.1, 0.15) is 47.9 Å². The molecule has 3 heterocycles. The summed E-state index contributed by atoms with van der Waals surface area (Å²) < 4.78 is 26.8. The van der Waals surface area contributed by atoms with Crippen LogP contribution in [0.2, 0.25) is 0 Å². The van der Waals surface area contributed by atoms with Gasteiger partial charge in [-0.15, -0.1) is 0 Å². The molecule has 3 aliphatic heterocycles. The Bertz CT molecular complexity index is 1270. The first-order valence-electron chi connectivity index (χ1n) is 13.1. The Morgan fingerprint density at radius 3 is 2.45 bits per heavy atom. The second-order valence-electron chi connectivity index (χ2n) is 10.7. The number of fused-ring (bicyclic) bond motifs is 2. The molecule has 1 spiro atoms. The highest BCUT2D eigenvalue weighted by molar-refractivity contribution is 5.91. The fourth-order valence-electron chi connectivity index (χ4n) is 6.17. The zero-order valence-corrected chi connectivity index (χ0v) is 21.1. The molecule has 2 aromatic carbocycles. The van der Waals surface area contributed by atoms with Crippen molar-refractivity contribution in [2.24, 2.45) is 0 Å². The second-order valence-corrected chi connectivity index (χ2v) is 10.7. The molecule has 9 heteroatoms. The van der Waals surface area contributed by atoms with E-state index in [1.807, 2.05) is 12.1 Å². The van der Waals surface area contributed by atoms with E-state index in [4.69, 9.17) is 0 Å². The van der Waals surface area contributed by atoms with Gasteiger partial charge in [-0.1, -0.05) is 0 Å². The Morgan fingerprint density at radius 1 is 1.11 bits per heavy atom. The topological polar surface area (TPSA) is 109 Å². The lowest BCUT2D eigenvalue weighted by Crippen LogP contribution is -2.53. The van der Waals surface area contributed by atoms with E-state index in [0.717, 1.165) is 67.5 Å². The van der Waals surface area contributed by atoms with Crippen molar-refractivity contribution in [1.29, 1.82) is 5.26 Å². The van der Waals surface area contributed by atoms with Gasteiger partial charge in [0.2, 0.25) is 5.91 Å². The van der Waals surface area contributed by atoms with Crippen LogP contribution in [0.5, 0.6) is 0 Å².